The molecule has 1 aliphatic heterocycles. The first-order chi connectivity index (χ1) is 12.3. The predicted molar refractivity (Wildman–Crippen MR) is 82.9 cm³/mol. The van der Waals surface area contributed by atoms with Crippen LogP contribution < -0.4 is 0 Å². The Morgan fingerprint density at radius 2 is 1.81 bits per heavy atom. The Bertz CT molecular complexity index is 872. The third-order valence-electron chi connectivity index (χ3n) is 3.89. The van der Waals surface area contributed by atoms with Crippen molar-refractivity contribution >= 4 is 18.0 Å². The van der Waals surface area contributed by atoms with Crippen molar-refractivity contribution in [2.24, 2.45) is 0 Å². The minimum atomic E-state index is -4.58. The van der Waals surface area contributed by atoms with Crippen molar-refractivity contribution in [3.05, 3.63) is 53.1 Å². The summed E-state index contributed by atoms with van der Waals surface area (Å²) in [6.07, 6.45) is -1.79. The van der Waals surface area contributed by atoms with E-state index in [1.807, 2.05) is 0 Å². The zero-order chi connectivity index (χ0) is 18.9. The third-order valence-corrected chi connectivity index (χ3v) is 3.89. The minimum Gasteiger partial charge on any atom is -0.478 e. The van der Waals surface area contributed by atoms with E-state index in [1.165, 1.54) is 29.2 Å². The number of amides is 1. The number of fused-ring (bicyclic) bond motifs is 1. The van der Waals surface area contributed by atoms with Gasteiger partial charge in [-0.1, -0.05) is 12.1 Å². The minimum absolute atomic E-state index is 0.0376. The number of nitrogens with zero attached hydrogens (tertiary/aromatic N) is 4. The highest BCUT2D eigenvalue weighted by Gasteiger charge is 2.39. The molecule has 0 fully saturated rings. The lowest BCUT2D eigenvalue weighted by molar-refractivity contribution is -0.148. The number of benzene rings is 1. The van der Waals surface area contributed by atoms with Gasteiger partial charge in [0.05, 0.1) is 12.1 Å². The molecule has 0 saturated heterocycles. The number of alkyl halides is 3. The largest absolute Gasteiger partial charge is 0.478 e. The van der Waals surface area contributed by atoms with Gasteiger partial charge in [-0.3, -0.25) is 4.79 Å². The van der Waals surface area contributed by atoms with Gasteiger partial charge in [0.25, 0.3) is 0 Å². The Kier molecular flexibility index (Phi) is 4.49. The number of aromatic carboxylic acids is 1. The molecule has 0 spiro atoms. The number of carbonyl (C=O) groups excluding carboxylic acids is 1. The van der Waals surface area contributed by atoms with Gasteiger partial charge >= 0.3 is 12.1 Å². The Balaban J connectivity index is 1.68. The lowest BCUT2D eigenvalue weighted by Crippen LogP contribution is -2.38. The van der Waals surface area contributed by atoms with Gasteiger partial charge in [0, 0.05) is 19.2 Å². The highest BCUT2D eigenvalue weighted by Crippen LogP contribution is 2.29. The molecular formula is C16H13F3N4O3. The van der Waals surface area contributed by atoms with Crippen molar-refractivity contribution in [3.8, 4) is 0 Å². The molecule has 10 heteroatoms. The fourth-order valence-corrected chi connectivity index (χ4v) is 2.57. The average molecular weight is 366 g/mol. The quantitative estimate of drug-likeness (QED) is 0.840. The van der Waals surface area contributed by atoms with Crippen molar-refractivity contribution in [2.45, 2.75) is 19.3 Å². The van der Waals surface area contributed by atoms with Gasteiger partial charge in [0.15, 0.2) is 5.82 Å². The van der Waals surface area contributed by atoms with Crippen LogP contribution in [0.25, 0.3) is 6.08 Å². The number of carboxylic acids is 1. The SMILES string of the molecule is O=C(O)c1ccc(C=CC(=O)N2CCn3c(nnc3C(F)(F)F)C2)cc1. The van der Waals surface area contributed by atoms with E-state index in [4.69, 9.17) is 5.11 Å². The number of rotatable bonds is 3. The molecule has 2 aromatic rings. The standard InChI is InChI=1S/C16H13F3N4O3/c17-16(18,19)15-21-20-12-9-22(7-8-23(12)15)13(24)6-3-10-1-4-11(5-2-10)14(25)26/h1-6H,7-9H2,(H,25,26). The predicted octanol–water partition coefficient (Wildman–Crippen LogP) is 2.05. The number of aromatic nitrogens is 3. The van der Waals surface area contributed by atoms with Crippen LogP contribution >= 0.6 is 0 Å². The second-order valence-electron chi connectivity index (χ2n) is 5.61. The van der Waals surface area contributed by atoms with Crippen molar-refractivity contribution in [3.63, 3.8) is 0 Å². The van der Waals surface area contributed by atoms with Crippen LogP contribution in [0.15, 0.2) is 30.3 Å². The van der Waals surface area contributed by atoms with Crippen LogP contribution in [-0.2, 0) is 24.1 Å². The summed E-state index contributed by atoms with van der Waals surface area (Å²) in [7, 11) is 0. The average Bonchev–Trinajstić information content (AvgIpc) is 3.03. The zero-order valence-electron chi connectivity index (χ0n) is 13.3. The summed E-state index contributed by atoms with van der Waals surface area (Å²) in [6, 6.07) is 5.92. The van der Waals surface area contributed by atoms with Crippen molar-refractivity contribution < 1.29 is 27.9 Å². The maximum atomic E-state index is 12.8. The zero-order valence-corrected chi connectivity index (χ0v) is 13.3. The van der Waals surface area contributed by atoms with E-state index in [2.05, 4.69) is 10.2 Å². The molecule has 0 aliphatic carbocycles. The summed E-state index contributed by atoms with van der Waals surface area (Å²) in [5.74, 6) is -2.41. The lowest BCUT2D eigenvalue weighted by Gasteiger charge is -2.27. The van der Waals surface area contributed by atoms with Crippen LogP contribution in [0, 0.1) is 0 Å². The fraction of sp³-hybridized carbons (Fsp3) is 0.250. The highest BCUT2D eigenvalue weighted by atomic mass is 19.4. The first kappa shape index (κ1) is 17.6. The number of carbonyl (C=O) groups is 2. The molecule has 7 nitrogen and oxygen atoms in total. The molecule has 0 atom stereocenters. The van der Waals surface area contributed by atoms with E-state index in [0.29, 0.717) is 5.56 Å². The molecule has 3 rings (SSSR count). The molecule has 0 bridgehead atoms. The van der Waals surface area contributed by atoms with Crippen LogP contribution in [0.2, 0.25) is 0 Å². The molecule has 2 heterocycles. The summed E-state index contributed by atoms with van der Waals surface area (Å²) in [6.45, 7) is 0.00349. The van der Waals surface area contributed by atoms with Gasteiger partial charge in [0.2, 0.25) is 11.7 Å². The topological polar surface area (TPSA) is 88.3 Å². The maximum Gasteiger partial charge on any atom is 0.451 e. The normalized spacial score (nSPS) is 14.5. The Morgan fingerprint density at radius 1 is 1.12 bits per heavy atom. The first-order valence-corrected chi connectivity index (χ1v) is 7.55. The smallest absolute Gasteiger partial charge is 0.451 e. The van der Waals surface area contributed by atoms with Crippen molar-refractivity contribution in [2.75, 3.05) is 6.54 Å². The van der Waals surface area contributed by atoms with E-state index in [0.717, 1.165) is 4.57 Å². The Hall–Kier alpha value is -3.17. The summed E-state index contributed by atoms with van der Waals surface area (Å²) in [5.41, 5.74) is 0.757. The molecule has 0 unspecified atom stereocenters. The van der Waals surface area contributed by atoms with Gasteiger partial charge in [-0.2, -0.15) is 13.2 Å². The number of hydrogen-bond acceptors (Lipinski definition) is 4. The second-order valence-corrected chi connectivity index (χ2v) is 5.61. The first-order valence-electron chi connectivity index (χ1n) is 7.55. The molecule has 1 N–H and O–H groups in total. The van der Waals surface area contributed by atoms with E-state index in [9.17, 15) is 22.8 Å². The molecule has 1 amide bonds. The molecule has 0 saturated carbocycles. The number of hydrogen-bond donors (Lipinski definition) is 1. The molecule has 0 radical (unpaired) electrons. The molecule has 1 aromatic carbocycles. The summed E-state index contributed by atoms with van der Waals surface area (Å²) < 4.78 is 39.4. The highest BCUT2D eigenvalue weighted by molar-refractivity contribution is 5.92. The molecule has 1 aliphatic rings. The third kappa shape index (κ3) is 3.58. The maximum absolute atomic E-state index is 12.8. The number of halogens is 3. The Morgan fingerprint density at radius 3 is 2.42 bits per heavy atom. The summed E-state index contributed by atoms with van der Waals surface area (Å²) in [5, 5.41) is 15.5. The van der Waals surface area contributed by atoms with Crippen molar-refractivity contribution in [1.29, 1.82) is 0 Å². The van der Waals surface area contributed by atoms with Gasteiger partial charge in [-0.15, -0.1) is 10.2 Å². The molecular weight excluding hydrogens is 353 g/mol. The molecule has 136 valence electrons. The summed E-state index contributed by atoms with van der Waals surface area (Å²) >= 11 is 0. The van der Waals surface area contributed by atoms with Gasteiger partial charge in [-0.25, -0.2) is 4.79 Å². The van der Waals surface area contributed by atoms with Crippen LogP contribution in [0.3, 0.4) is 0 Å². The fourth-order valence-electron chi connectivity index (χ4n) is 2.57. The van der Waals surface area contributed by atoms with Crippen molar-refractivity contribution in [1.82, 2.24) is 19.7 Å². The second kappa shape index (κ2) is 6.62. The molecule has 1 aromatic heterocycles. The van der Waals surface area contributed by atoms with Gasteiger partial charge in [-0.05, 0) is 23.8 Å². The Labute approximate surface area is 145 Å². The van der Waals surface area contributed by atoms with E-state index in [-0.39, 0.29) is 36.9 Å². The van der Waals surface area contributed by atoms with Crippen LogP contribution in [0.5, 0.6) is 0 Å². The van der Waals surface area contributed by atoms with E-state index >= 15 is 0 Å². The van der Waals surface area contributed by atoms with Gasteiger partial charge < -0.3 is 14.6 Å². The lowest BCUT2D eigenvalue weighted by atomic mass is 10.1. The molecule has 26 heavy (non-hydrogen) atoms. The monoisotopic (exact) mass is 366 g/mol. The van der Waals surface area contributed by atoms with E-state index in [1.54, 1.807) is 12.1 Å². The van der Waals surface area contributed by atoms with Crippen LogP contribution in [0.4, 0.5) is 13.2 Å². The van der Waals surface area contributed by atoms with E-state index < -0.39 is 18.0 Å². The van der Waals surface area contributed by atoms with Crippen LogP contribution in [-0.4, -0.2) is 43.2 Å². The number of carboxylic acid groups (broad SMARTS) is 1. The van der Waals surface area contributed by atoms with Gasteiger partial charge in [0.1, 0.15) is 0 Å². The van der Waals surface area contributed by atoms with Crippen LogP contribution in [0.1, 0.15) is 27.6 Å². The summed E-state index contributed by atoms with van der Waals surface area (Å²) in [4.78, 5) is 24.4.